The number of nitrogens with zero attached hydrogens (tertiary/aromatic N) is 2. The molecule has 1 heterocycles. The average molecular weight is 287 g/mol. The summed E-state index contributed by atoms with van der Waals surface area (Å²) in [5.74, 6) is 1.99. The highest BCUT2D eigenvalue weighted by Gasteiger charge is 2.15. The Labute approximate surface area is 116 Å². The Bertz CT molecular complexity index is 541. The zero-order chi connectivity index (χ0) is 13.1. The number of alkyl halides is 1. The maximum atomic E-state index is 13.4. The van der Waals surface area contributed by atoms with Crippen LogP contribution in [-0.2, 0) is 5.88 Å². The first-order valence-corrected chi connectivity index (χ1v) is 7.81. The quantitative estimate of drug-likeness (QED) is 0.766. The largest absolute Gasteiger partial charge is 0.324 e. The molecule has 98 valence electrons. The summed E-state index contributed by atoms with van der Waals surface area (Å²) in [7, 11) is 0. The fraction of sp³-hybridized carbons (Fsp3) is 0.462. The van der Waals surface area contributed by atoms with Gasteiger partial charge in [0.05, 0.1) is 16.9 Å². The lowest BCUT2D eigenvalue weighted by Gasteiger charge is -2.16. The van der Waals surface area contributed by atoms with E-state index in [1.54, 1.807) is 6.07 Å². The van der Waals surface area contributed by atoms with E-state index in [-0.39, 0.29) is 11.9 Å². The molecule has 1 unspecified atom stereocenters. The summed E-state index contributed by atoms with van der Waals surface area (Å²) >= 11 is 7.75. The number of benzene rings is 1. The molecule has 2 aromatic rings. The molecule has 2 rings (SSSR count). The van der Waals surface area contributed by atoms with Gasteiger partial charge < -0.3 is 4.57 Å². The summed E-state index contributed by atoms with van der Waals surface area (Å²) in [5.41, 5.74) is 1.64. The summed E-state index contributed by atoms with van der Waals surface area (Å²) in [4.78, 5) is 4.46. The Morgan fingerprint density at radius 3 is 2.94 bits per heavy atom. The summed E-state index contributed by atoms with van der Waals surface area (Å²) in [6.07, 6.45) is 3.11. The van der Waals surface area contributed by atoms with Gasteiger partial charge >= 0.3 is 0 Å². The van der Waals surface area contributed by atoms with E-state index < -0.39 is 0 Å². The maximum Gasteiger partial charge on any atom is 0.125 e. The van der Waals surface area contributed by atoms with Crippen LogP contribution in [0.3, 0.4) is 0 Å². The fourth-order valence-corrected chi connectivity index (χ4v) is 2.88. The molecule has 0 fully saturated rings. The third-order valence-corrected chi connectivity index (χ3v) is 3.91. The SMILES string of the molecule is CSCCC(C)n1c(CCl)nc2ccc(F)cc21. The van der Waals surface area contributed by atoms with Crippen molar-refractivity contribution < 1.29 is 4.39 Å². The van der Waals surface area contributed by atoms with E-state index >= 15 is 0 Å². The molecule has 1 aromatic carbocycles. The zero-order valence-corrected chi connectivity index (χ0v) is 12.1. The number of rotatable bonds is 5. The molecule has 0 amide bonds. The van der Waals surface area contributed by atoms with Gasteiger partial charge in [-0.25, -0.2) is 9.37 Å². The average Bonchev–Trinajstić information content (AvgIpc) is 2.73. The van der Waals surface area contributed by atoms with Gasteiger partial charge in [-0.2, -0.15) is 11.8 Å². The lowest BCUT2D eigenvalue weighted by molar-refractivity contribution is 0.532. The summed E-state index contributed by atoms with van der Waals surface area (Å²) in [6, 6.07) is 4.95. The standard InChI is InChI=1S/C13H16ClFN2S/c1-9(5-6-18-2)17-12-7-10(15)3-4-11(12)16-13(17)8-14/h3-4,7,9H,5-6,8H2,1-2H3. The van der Waals surface area contributed by atoms with Gasteiger partial charge in [-0.3, -0.25) is 0 Å². The molecular formula is C13H16ClFN2S. The van der Waals surface area contributed by atoms with E-state index in [1.807, 2.05) is 11.8 Å². The first kappa shape index (κ1) is 13.7. The zero-order valence-electron chi connectivity index (χ0n) is 10.5. The third-order valence-electron chi connectivity index (χ3n) is 3.02. The molecule has 0 bridgehead atoms. The molecule has 1 atom stereocenters. The molecule has 0 aliphatic carbocycles. The molecule has 5 heteroatoms. The fourth-order valence-electron chi connectivity index (χ4n) is 2.12. The second-order valence-electron chi connectivity index (χ2n) is 4.30. The Morgan fingerprint density at radius 2 is 2.28 bits per heavy atom. The van der Waals surface area contributed by atoms with Crippen molar-refractivity contribution >= 4 is 34.4 Å². The number of aromatic nitrogens is 2. The monoisotopic (exact) mass is 286 g/mol. The highest BCUT2D eigenvalue weighted by molar-refractivity contribution is 7.98. The molecule has 1 aromatic heterocycles. The highest BCUT2D eigenvalue weighted by Crippen LogP contribution is 2.25. The van der Waals surface area contributed by atoms with Gasteiger partial charge in [0.15, 0.2) is 0 Å². The number of imidazole rings is 1. The number of fused-ring (bicyclic) bond motifs is 1. The van der Waals surface area contributed by atoms with E-state index in [0.29, 0.717) is 5.88 Å². The predicted octanol–water partition coefficient (Wildman–Crippen LogP) is 4.23. The van der Waals surface area contributed by atoms with Crippen molar-refractivity contribution in [3.05, 3.63) is 29.8 Å². The van der Waals surface area contributed by atoms with Crippen LogP contribution in [0.15, 0.2) is 18.2 Å². The minimum absolute atomic E-state index is 0.234. The molecule has 0 aliphatic rings. The minimum Gasteiger partial charge on any atom is -0.324 e. The van der Waals surface area contributed by atoms with Crippen LogP contribution in [0.2, 0.25) is 0 Å². The maximum absolute atomic E-state index is 13.4. The Kier molecular flexibility index (Phi) is 4.51. The number of hydrogen-bond donors (Lipinski definition) is 0. The molecule has 0 radical (unpaired) electrons. The second kappa shape index (κ2) is 5.93. The molecule has 0 saturated carbocycles. The van der Waals surface area contributed by atoms with Crippen LogP contribution in [0.4, 0.5) is 4.39 Å². The van der Waals surface area contributed by atoms with Crippen molar-refractivity contribution in [1.29, 1.82) is 0 Å². The van der Waals surface area contributed by atoms with Gasteiger partial charge in [0.1, 0.15) is 11.6 Å². The summed E-state index contributed by atoms with van der Waals surface area (Å²) < 4.78 is 15.4. The van der Waals surface area contributed by atoms with Crippen LogP contribution in [0.5, 0.6) is 0 Å². The second-order valence-corrected chi connectivity index (χ2v) is 5.55. The highest BCUT2D eigenvalue weighted by atomic mass is 35.5. The van der Waals surface area contributed by atoms with Crippen molar-refractivity contribution in [2.45, 2.75) is 25.3 Å². The van der Waals surface area contributed by atoms with Gasteiger partial charge in [-0.15, -0.1) is 11.6 Å². The van der Waals surface area contributed by atoms with E-state index in [2.05, 4.69) is 22.7 Å². The molecule has 2 nitrogen and oxygen atoms in total. The molecule has 0 spiro atoms. The molecular weight excluding hydrogens is 271 g/mol. The third kappa shape index (κ3) is 2.64. The van der Waals surface area contributed by atoms with E-state index in [0.717, 1.165) is 29.0 Å². The van der Waals surface area contributed by atoms with Crippen molar-refractivity contribution in [3.8, 4) is 0 Å². The minimum atomic E-state index is -0.234. The van der Waals surface area contributed by atoms with E-state index in [9.17, 15) is 4.39 Å². The summed E-state index contributed by atoms with van der Waals surface area (Å²) in [5, 5.41) is 0. The van der Waals surface area contributed by atoms with Crippen molar-refractivity contribution in [2.75, 3.05) is 12.0 Å². The van der Waals surface area contributed by atoms with Gasteiger partial charge in [0, 0.05) is 6.04 Å². The number of hydrogen-bond acceptors (Lipinski definition) is 2. The first-order valence-electron chi connectivity index (χ1n) is 5.88. The van der Waals surface area contributed by atoms with Crippen LogP contribution >= 0.6 is 23.4 Å². The predicted molar refractivity (Wildman–Crippen MR) is 77.0 cm³/mol. The van der Waals surface area contributed by atoms with Gasteiger partial charge in [0.25, 0.3) is 0 Å². The molecule has 18 heavy (non-hydrogen) atoms. The van der Waals surface area contributed by atoms with Crippen molar-refractivity contribution in [3.63, 3.8) is 0 Å². The Hall–Kier alpha value is -0.740. The van der Waals surface area contributed by atoms with E-state index in [4.69, 9.17) is 11.6 Å². The Morgan fingerprint density at radius 1 is 1.50 bits per heavy atom. The van der Waals surface area contributed by atoms with E-state index in [1.165, 1.54) is 12.1 Å². The van der Waals surface area contributed by atoms with Crippen LogP contribution in [-0.4, -0.2) is 21.6 Å². The van der Waals surface area contributed by atoms with Crippen LogP contribution in [0.25, 0.3) is 11.0 Å². The lowest BCUT2D eigenvalue weighted by Crippen LogP contribution is -2.09. The van der Waals surface area contributed by atoms with Gasteiger partial charge in [0.2, 0.25) is 0 Å². The first-order chi connectivity index (χ1) is 8.67. The van der Waals surface area contributed by atoms with Crippen LogP contribution in [0, 0.1) is 5.82 Å². The lowest BCUT2D eigenvalue weighted by atomic mass is 10.2. The Balaban J connectivity index is 2.48. The molecule has 0 saturated heterocycles. The number of halogens is 2. The van der Waals surface area contributed by atoms with Crippen LogP contribution < -0.4 is 0 Å². The van der Waals surface area contributed by atoms with Crippen LogP contribution in [0.1, 0.15) is 25.2 Å². The summed E-state index contributed by atoms with van der Waals surface area (Å²) in [6.45, 7) is 2.12. The van der Waals surface area contributed by atoms with Gasteiger partial charge in [-0.1, -0.05) is 0 Å². The smallest absolute Gasteiger partial charge is 0.125 e. The number of thioether (sulfide) groups is 1. The van der Waals surface area contributed by atoms with Crippen molar-refractivity contribution in [1.82, 2.24) is 9.55 Å². The molecule has 0 aliphatic heterocycles. The molecule has 0 N–H and O–H groups in total. The van der Waals surface area contributed by atoms with Crippen molar-refractivity contribution in [2.24, 2.45) is 0 Å². The normalized spacial score (nSPS) is 13.1. The topological polar surface area (TPSA) is 17.8 Å². The van der Waals surface area contributed by atoms with Gasteiger partial charge in [-0.05, 0) is 43.6 Å².